The van der Waals surface area contributed by atoms with Gasteiger partial charge in [-0.3, -0.25) is 14.5 Å². The van der Waals surface area contributed by atoms with Gasteiger partial charge in [-0.2, -0.15) is 0 Å². The van der Waals surface area contributed by atoms with Crippen molar-refractivity contribution in [1.29, 1.82) is 0 Å². The zero-order valence-corrected chi connectivity index (χ0v) is 20.2. The molecule has 3 fully saturated rings. The number of fused-ring (bicyclic) bond motifs is 1. The number of carbonyl (C=O) groups is 2. The number of ether oxygens (including phenoxy) is 1. The zero-order valence-electron chi connectivity index (χ0n) is 20.2. The maximum absolute atomic E-state index is 12.7. The van der Waals surface area contributed by atoms with E-state index in [-0.39, 0.29) is 23.7 Å². The fourth-order valence-corrected chi connectivity index (χ4v) is 6.23. The molecule has 1 saturated heterocycles. The van der Waals surface area contributed by atoms with Gasteiger partial charge in [0.15, 0.2) is 0 Å². The molecule has 1 aromatic carbocycles. The first-order valence-electron chi connectivity index (χ1n) is 12.6. The third-order valence-corrected chi connectivity index (χ3v) is 7.97. The Hall–Kier alpha value is -3.06. The summed E-state index contributed by atoms with van der Waals surface area (Å²) in [4.78, 5) is 27.6. The van der Waals surface area contributed by atoms with Gasteiger partial charge >= 0.3 is 5.97 Å². The van der Waals surface area contributed by atoms with Gasteiger partial charge in [-0.1, -0.05) is 12.1 Å². The smallest absolute Gasteiger partial charge is 0.303 e. The van der Waals surface area contributed by atoms with Crippen molar-refractivity contribution in [3.05, 3.63) is 60.1 Å². The molecule has 5 rings (SSSR count). The molecule has 0 bridgehead atoms. The number of rotatable bonds is 7. The Morgan fingerprint density at radius 2 is 2.11 bits per heavy atom. The van der Waals surface area contributed by atoms with Crippen LogP contribution in [0.2, 0.25) is 0 Å². The summed E-state index contributed by atoms with van der Waals surface area (Å²) in [5.41, 5.74) is 0.602. The number of piperidine rings is 1. The molecular weight excluding hydrogens is 444 g/mol. The van der Waals surface area contributed by atoms with E-state index < -0.39 is 11.0 Å². The highest BCUT2D eigenvalue weighted by Gasteiger charge is 2.61. The van der Waals surface area contributed by atoms with Crippen LogP contribution in [-0.2, 0) is 19.7 Å². The quantitative estimate of drug-likeness (QED) is 0.461. The number of nitrogens with zero attached hydrogens (tertiary/aromatic N) is 1. The van der Waals surface area contributed by atoms with Gasteiger partial charge in [0.1, 0.15) is 11.4 Å². The molecule has 2 N–H and O–H groups in total. The van der Waals surface area contributed by atoms with Crippen molar-refractivity contribution in [1.82, 2.24) is 10.2 Å². The van der Waals surface area contributed by atoms with Crippen molar-refractivity contribution in [2.24, 2.45) is 5.92 Å². The Morgan fingerprint density at radius 1 is 1.26 bits per heavy atom. The lowest BCUT2D eigenvalue weighted by Crippen LogP contribution is -2.68. The van der Waals surface area contributed by atoms with Gasteiger partial charge in [0.2, 0.25) is 5.91 Å². The molecule has 3 atom stereocenters. The van der Waals surface area contributed by atoms with Crippen LogP contribution < -0.4 is 5.32 Å². The van der Waals surface area contributed by atoms with Crippen molar-refractivity contribution >= 4 is 18.0 Å². The number of aromatic hydroxyl groups is 1. The maximum atomic E-state index is 12.7. The minimum atomic E-state index is -0.701. The van der Waals surface area contributed by atoms with E-state index in [0.29, 0.717) is 19.4 Å². The topological polar surface area (TPSA) is 92.0 Å². The SMILES string of the molecule is CC(=O)O[C@]12CC[C@@H](NC(=O)C=Cc3ccoc3)C[C@]1(c1cccc(O)c1)CCN(CC1CC1)C2. The lowest BCUT2D eigenvalue weighted by atomic mass is 9.55. The molecule has 2 heterocycles. The summed E-state index contributed by atoms with van der Waals surface area (Å²) in [6.45, 7) is 4.10. The molecule has 1 amide bonds. The van der Waals surface area contributed by atoms with Crippen molar-refractivity contribution < 1.29 is 23.8 Å². The van der Waals surface area contributed by atoms with Crippen molar-refractivity contribution in [2.45, 2.75) is 62.5 Å². The van der Waals surface area contributed by atoms with Crippen LogP contribution in [0.1, 0.15) is 56.6 Å². The maximum Gasteiger partial charge on any atom is 0.303 e. The average molecular weight is 479 g/mol. The molecule has 0 radical (unpaired) electrons. The number of esters is 1. The first-order chi connectivity index (χ1) is 16.9. The fourth-order valence-electron chi connectivity index (χ4n) is 6.23. The minimum Gasteiger partial charge on any atom is -0.508 e. The summed E-state index contributed by atoms with van der Waals surface area (Å²) in [5, 5.41) is 13.5. The van der Waals surface area contributed by atoms with Gasteiger partial charge < -0.3 is 19.6 Å². The number of likely N-dealkylation sites (tertiary alicyclic amines) is 1. The van der Waals surface area contributed by atoms with Gasteiger partial charge in [0, 0.05) is 43.1 Å². The molecule has 35 heavy (non-hydrogen) atoms. The summed E-state index contributed by atoms with van der Waals surface area (Å²) in [5.74, 6) is 0.500. The normalized spacial score (nSPS) is 29.0. The van der Waals surface area contributed by atoms with Gasteiger partial charge in [-0.15, -0.1) is 0 Å². The Balaban J connectivity index is 1.44. The number of nitrogens with one attached hydrogen (secondary N) is 1. The number of hydrogen-bond acceptors (Lipinski definition) is 6. The van der Waals surface area contributed by atoms with E-state index in [2.05, 4.69) is 10.2 Å². The van der Waals surface area contributed by atoms with Gasteiger partial charge in [-0.25, -0.2) is 0 Å². The number of furan rings is 1. The second-order valence-corrected chi connectivity index (χ2v) is 10.5. The molecule has 186 valence electrons. The van der Waals surface area contributed by atoms with E-state index >= 15 is 0 Å². The lowest BCUT2D eigenvalue weighted by molar-refractivity contribution is -0.187. The third kappa shape index (κ3) is 5.01. The molecule has 0 spiro atoms. The zero-order chi connectivity index (χ0) is 24.5. The Labute approximate surface area is 206 Å². The number of benzene rings is 1. The first kappa shape index (κ1) is 23.7. The molecule has 1 aliphatic heterocycles. The molecule has 7 nitrogen and oxygen atoms in total. The summed E-state index contributed by atoms with van der Waals surface area (Å²) in [6, 6.07) is 9.07. The van der Waals surface area contributed by atoms with Crippen LogP contribution >= 0.6 is 0 Å². The molecule has 2 aromatic rings. The highest BCUT2D eigenvalue weighted by atomic mass is 16.6. The van der Waals surface area contributed by atoms with E-state index in [4.69, 9.17) is 9.15 Å². The largest absolute Gasteiger partial charge is 0.508 e. The van der Waals surface area contributed by atoms with Gasteiger partial charge in [0.05, 0.1) is 12.5 Å². The highest BCUT2D eigenvalue weighted by Crippen LogP contribution is 2.54. The van der Waals surface area contributed by atoms with Crippen LogP contribution in [0.15, 0.2) is 53.4 Å². The van der Waals surface area contributed by atoms with Gasteiger partial charge in [0.25, 0.3) is 0 Å². The lowest BCUT2D eigenvalue weighted by Gasteiger charge is -2.59. The first-order valence-corrected chi connectivity index (χ1v) is 12.6. The highest BCUT2D eigenvalue weighted by molar-refractivity contribution is 5.91. The number of phenols is 1. The molecular formula is C28H34N2O5. The molecule has 7 heteroatoms. The van der Waals surface area contributed by atoms with E-state index in [9.17, 15) is 14.7 Å². The summed E-state index contributed by atoms with van der Waals surface area (Å²) < 4.78 is 11.3. The predicted octanol–water partition coefficient (Wildman–Crippen LogP) is 4.02. The second-order valence-electron chi connectivity index (χ2n) is 10.5. The van der Waals surface area contributed by atoms with Crippen LogP contribution in [-0.4, -0.2) is 53.2 Å². The second kappa shape index (κ2) is 9.53. The molecule has 2 aliphatic carbocycles. The monoisotopic (exact) mass is 478 g/mol. The standard InChI is InChI=1S/C28H34N2O5/c1-20(31)35-28-11-9-24(29-26(33)8-7-22-10-14-34-18-22)16-27(28,23-3-2-4-25(32)15-23)12-13-30(19-28)17-21-5-6-21/h2-4,7-8,10,14-15,18,21,24,32H,5-6,9,11-13,16-17,19H2,1H3,(H,29,33)/t24-,27+,28+/m1/s1. The van der Waals surface area contributed by atoms with Crippen LogP contribution in [0.25, 0.3) is 6.08 Å². The van der Waals surface area contributed by atoms with E-state index in [0.717, 1.165) is 43.0 Å². The number of amides is 1. The predicted molar refractivity (Wildman–Crippen MR) is 132 cm³/mol. The molecule has 3 aliphatic rings. The molecule has 0 unspecified atom stereocenters. The van der Waals surface area contributed by atoms with Crippen LogP contribution in [0.3, 0.4) is 0 Å². The van der Waals surface area contributed by atoms with Crippen LogP contribution in [0.4, 0.5) is 0 Å². The van der Waals surface area contributed by atoms with Crippen molar-refractivity contribution in [2.75, 3.05) is 19.6 Å². The van der Waals surface area contributed by atoms with Crippen molar-refractivity contribution in [3.8, 4) is 5.75 Å². The minimum absolute atomic E-state index is 0.0717. The Morgan fingerprint density at radius 3 is 2.83 bits per heavy atom. The van der Waals surface area contributed by atoms with E-state index in [1.54, 1.807) is 36.8 Å². The summed E-state index contributed by atoms with van der Waals surface area (Å²) in [6.07, 6.45) is 11.8. The van der Waals surface area contributed by atoms with Crippen LogP contribution in [0, 0.1) is 5.92 Å². The van der Waals surface area contributed by atoms with E-state index in [1.807, 2.05) is 12.1 Å². The van der Waals surface area contributed by atoms with E-state index in [1.165, 1.54) is 25.8 Å². The number of carbonyl (C=O) groups excluding carboxylic acids is 2. The average Bonchev–Trinajstić information content (AvgIpc) is 3.47. The summed E-state index contributed by atoms with van der Waals surface area (Å²) in [7, 11) is 0. The van der Waals surface area contributed by atoms with Gasteiger partial charge in [-0.05, 0) is 80.8 Å². The molecule has 2 saturated carbocycles. The Bertz CT molecular complexity index is 1090. The number of hydrogen-bond donors (Lipinski definition) is 2. The fraction of sp³-hybridized carbons (Fsp3) is 0.500. The van der Waals surface area contributed by atoms with Crippen LogP contribution in [0.5, 0.6) is 5.75 Å². The number of phenolic OH excluding ortho intramolecular Hbond substituents is 1. The third-order valence-electron chi connectivity index (χ3n) is 7.97. The van der Waals surface area contributed by atoms with Crippen molar-refractivity contribution in [3.63, 3.8) is 0 Å². The summed E-state index contributed by atoms with van der Waals surface area (Å²) >= 11 is 0. The Kier molecular flexibility index (Phi) is 6.45. The molecule has 1 aromatic heterocycles.